The minimum absolute atomic E-state index is 0.0496. The Balaban J connectivity index is 1.53. The van der Waals surface area contributed by atoms with Gasteiger partial charge in [-0.1, -0.05) is 24.3 Å². The molecule has 1 aliphatic heterocycles. The number of primary amides is 1. The molecule has 3 rings (SSSR count). The Morgan fingerprint density at radius 1 is 1.09 bits per heavy atom. The van der Waals surface area contributed by atoms with Gasteiger partial charge in [0.2, 0.25) is 5.91 Å². The van der Waals surface area contributed by atoms with Crippen LogP contribution in [0.1, 0.15) is 45.5 Å². The van der Waals surface area contributed by atoms with Crippen LogP contribution in [-0.4, -0.2) is 56.0 Å². The Morgan fingerprint density at radius 3 is 2.58 bits per heavy atom. The fraction of sp³-hybridized carbons (Fsp3) is 0.400. The molecule has 1 aliphatic rings. The number of benzene rings is 2. The maximum Gasteiger partial charge on any atom is 0.253 e. The van der Waals surface area contributed by atoms with Gasteiger partial charge in [-0.2, -0.15) is 0 Å². The average Bonchev–Trinajstić information content (AvgIpc) is 2.85. The van der Waals surface area contributed by atoms with Crippen LogP contribution >= 0.6 is 0 Å². The quantitative estimate of drug-likeness (QED) is 0.537. The van der Waals surface area contributed by atoms with E-state index in [1.807, 2.05) is 12.1 Å². The molecule has 0 saturated carbocycles. The summed E-state index contributed by atoms with van der Waals surface area (Å²) in [5.41, 5.74) is 7.09. The van der Waals surface area contributed by atoms with Gasteiger partial charge in [-0.05, 0) is 49.1 Å². The van der Waals surface area contributed by atoms with Gasteiger partial charge in [-0.15, -0.1) is 0 Å². The minimum atomic E-state index is -0.554. The Bertz CT molecular complexity index is 970. The van der Waals surface area contributed by atoms with E-state index in [0.29, 0.717) is 56.0 Å². The number of hydrogen-bond acceptors (Lipinski definition) is 5. The van der Waals surface area contributed by atoms with Crippen molar-refractivity contribution in [3.05, 3.63) is 65.2 Å². The van der Waals surface area contributed by atoms with Crippen molar-refractivity contribution in [3.8, 4) is 5.75 Å². The molecule has 8 heteroatoms. The van der Waals surface area contributed by atoms with E-state index >= 15 is 0 Å². The van der Waals surface area contributed by atoms with E-state index in [4.69, 9.17) is 15.2 Å². The number of nitrogens with one attached hydrogen (secondary N) is 1. The van der Waals surface area contributed by atoms with E-state index < -0.39 is 5.91 Å². The van der Waals surface area contributed by atoms with Crippen molar-refractivity contribution in [2.45, 2.75) is 25.9 Å². The third kappa shape index (κ3) is 6.79. The average molecular weight is 454 g/mol. The first-order valence-electron chi connectivity index (χ1n) is 11.2. The maximum absolute atomic E-state index is 13.0. The van der Waals surface area contributed by atoms with Gasteiger partial charge in [-0.25, -0.2) is 0 Å². The molecule has 0 aliphatic carbocycles. The third-order valence-electron chi connectivity index (χ3n) is 5.70. The van der Waals surface area contributed by atoms with Crippen molar-refractivity contribution in [2.75, 3.05) is 33.4 Å². The van der Waals surface area contributed by atoms with Crippen molar-refractivity contribution in [1.29, 1.82) is 0 Å². The summed E-state index contributed by atoms with van der Waals surface area (Å²) >= 11 is 0. The van der Waals surface area contributed by atoms with E-state index in [2.05, 4.69) is 5.32 Å². The molecule has 0 bridgehead atoms. The number of para-hydroxylation sites is 1. The monoisotopic (exact) mass is 453 g/mol. The third-order valence-corrected chi connectivity index (χ3v) is 5.70. The zero-order valence-corrected chi connectivity index (χ0v) is 18.9. The molecule has 2 aromatic carbocycles. The lowest BCUT2D eigenvalue weighted by molar-refractivity contribution is -0.126. The first-order chi connectivity index (χ1) is 16.0. The highest BCUT2D eigenvalue weighted by Crippen LogP contribution is 2.21. The standard InChI is InChI=1S/C25H31N3O5/c1-32-15-5-12-27-24(30)19-10-13-28(14-11-19)25(31)20-7-4-6-18(16-20)17-33-22-9-3-2-8-21(22)23(26)29/h2-4,6-9,16,19H,5,10-15,17H2,1H3,(H2,26,29)(H,27,30). The number of likely N-dealkylation sites (tertiary alicyclic amines) is 1. The van der Waals surface area contributed by atoms with Crippen LogP contribution < -0.4 is 15.8 Å². The molecule has 8 nitrogen and oxygen atoms in total. The van der Waals surface area contributed by atoms with Gasteiger partial charge in [0.05, 0.1) is 5.56 Å². The number of nitrogens with zero attached hydrogens (tertiary/aromatic N) is 1. The second-order valence-electron chi connectivity index (χ2n) is 8.05. The summed E-state index contributed by atoms with van der Waals surface area (Å²) in [4.78, 5) is 38.7. The summed E-state index contributed by atoms with van der Waals surface area (Å²) in [5.74, 6) is -0.227. The number of hydrogen-bond donors (Lipinski definition) is 2. The van der Waals surface area contributed by atoms with Gasteiger partial charge in [0.1, 0.15) is 12.4 Å². The highest BCUT2D eigenvalue weighted by Gasteiger charge is 2.27. The van der Waals surface area contributed by atoms with Crippen molar-refractivity contribution in [1.82, 2.24) is 10.2 Å². The molecule has 3 N–H and O–H groups in total. The van der Waals surface area contributed by atoms with Crippen molar-refractivity contribution in [2.24, 2.45) is 11.7 Å². The first-order valence-corrected chi connectivity index (χ1v) is 11.2. The lowest BCUT2D eigenvalue weighted by Gasteiger charge is -2.31. The smallest absolute Gasteiger partial charge is 0.253 e. The summed E-state index contributed by atoms with van der Waals surface area (Å²) in [7, 11) is 1.64. The second kappa shape index (κ2) is 12.0. The molecule has 3 amide bonds. The minimum Gasteiger partial charge on any atom is -0.488 e. The van der Waals surface area contributed by atoms with Crippen molar-refractivity contribution < 1.29 is 23.9 Å². The van der Waals surface area contributed by atoms with Crippen LogP contribution in [0.5, 0.6) is 5.75 Å². The largest absolute Gasteiger partial charge is 0.488 e. The van der Waals surface area contributed by atoms with E-state index in [9.17, 15) is 14.4 Å². The molecule has 0 aromatic heterocycles. The molecule has 1 fully saturated rings. The Kier molecular flexibility index (Phi) is 8.83. The highest BCUT2D eigenvalue weighted by molar-refractivity contribution is 5.95. The topological polar surface area (TPSA) is 111 Å². The molecule has 0 unspecified atom stereocenters. The fourth-order valence-corrected chi connectivity index (χ4v) is 3.85. The molecule has 176 valence electrons. The molecule has 0 spiro atoms. The fourth-order valence-electron chi connectivity index (χ4n) is 3.85. The lowest BCUT2D eigenvalue weighted by atomic mass is 9.95. The number of rotatable bonds is 10. The van der Waals surface area contributed by atoms with Crippen LogP contribution in [0.15, 0.2) is 48.5 Å². The summed E-state index contributed by atoms with van der Waals surface area (Å²) < 4.78 is 10.8. The second-order valence-corrected chi connectivity index (χ2v) is 8.05. The van der Waals surface area contributed by atoms with Crippen molar-refractivity contribution >= 4 is 17.7 Å². The zero-order chi connectivity index (χ0) is 23.6. The molecule has 0 radical (unpaired) electrons. The van der Waals surface area contributed by atoms with Gasteiger partial charge in [0.15, 0.2) is 0 Å². The molecular weight excluding hydrogens is 422 g/mol. The molecule has 0 atom stereocenters. The van der Waals surface area contributed by atoms with E-state index in [-0.39, 0.29) is 24.3 Å². The van der Waals surface area contributed by atoms with Crippen LogP contribution in [0, 0.1) is 5.92 Å². The molecule has 1 heterocycles. The predicted molar refractivity (Wildman–Crippen MR) is 124 cm³/mol. The zero-order valence-electron chi connectivity index (χ0n) is 18.9. The van der Waals surface area contributed by atoms with E-state index in [0.717, 1.165) is 12.0 Å². The van der Waals surface area contributed by atoms with Crippen LogP contribution in [-0.2, 0) is 16.1 Å². The number of piperidine rings is 1. The maximum atomic E-state index is 13.0. The van der Waals surface area contributed by atoms with Gasteiger partial charge < -0.3 is 25.4 Å². The van der Waals surface area contributed by atoms with Gasteiger partial charge in [0.25, 0.3) is 11.8 Å². The van der Waals surface area contributed by atoms with Crippen molar-refractivity contribution in [3.63, 3.8) is 0 Å². The number of amides is 3. The molecule has 1 saturated heterocycles. The van der Waals surface area contributed by atoms with Crippen LogP contribution in [0.2, 0.25) is 0 Å². The Hall–Kier alpha value is -3.39. The number of ether oxygens (including phenoxy) is 2. The summed E-state index contributed by atoms with van der Waals surface area (Å²) in [6, 6.07) is 14.0. The molecule has 33 heavy (non-hydrogen) atoms. The van der Waals surface area contributed by atoms with Gasteiger partial charge in [0, 0.05) is 44.8 Å². The first kappa shape index (κ1) is 24.3. The number of carbonyl (C=O) groups excluding carboxylic acids is 3. The van der Waals surface area contributed by atoms with Gasteiger partial charge in [-0.3, -0.25) is 14.4 Å². The normalized spacial score (nSPS) is 14.0. The number of methoxy groups -OCH3 is 1. The Labute approximate surface area is 194 Å². The lowest BCUT2D eigenvalue weighted by Crippen LogP contribution is -2.43. The number of nitrogens with two attached hydrogens (primary N) is 1. The van der Waals surface area contributed by atoms with E-state index in [1.165, 1.54) is 0 Å². The number of carbonyl (C=O) groups is 3. The summed E-state index contributed by atoms with van der Waals surface area (Å²) in [6.07, 6.45) is 2.08. The van der Waals surface area contributed by atoms with Gasteiger partial charge >= 0.3 is 0 Å². The molecular formula is C25H31N3O5. The summed E-state index contributed by atoms with van der Waals surface area (Å²) in [5, 5.41) is 2.94. The Morgan fingerprint density at radius 2 is 1.85 bits per heavy atom. The predicted octanol–water partition coefficient (Wildman–Crippen LogP) is 2.37. The summed E-state index contributed by atoms with van der Waals surface area (Å²) in [6.45, 7) is 2.51. The highest BCUT2D eigenvalue weighted by atomic mass is 16.5. The SMILES string of the molecule is COCCCNC(=O)C1CCN(C(=O)c2cccc(COc3ccccc3C(N)=O)c2)CC1. The van der Waals surface area contributed by atoms with E-state index in [1.54, 1.807) is 48.4 Å². The molecule has 2 aromatic rings. The van der Waals surface area contributed by atoms with Crippen LogP contribution in [0.25, 0.3) is 0 Å². The van der Waals surface area contributed by atoms with Crippen LogP contribution in [0.4, 0.5) is 0 Å². The van der Waals surface area contributed by atoms with Crippen LogP contribution in [0.3, 0.4) is 0 Å².